The summed E-state index contributed by atoms with van der Waals surface area (Å²) in [5.74, 6) is 3.28. The highest BCUT2D eigenvalue weighted by Gasteiger charge is 2.02. The fourth-order valence-electron chi connectivity index (χ4n) is 0.906. The molecule has 3 N–H and O–H groups in total. The molecule has 1 atom stereocenters. The maximum Gasteiger partial charge on any atom is 0.0907 e. The minimum atomic E-state index is 0.319. The van der Waals surface area contributed by atoms with Crippen molar-refractivity contribution in [1.29, 1.82) is 5.41 Å². The van der Waals surface area contributed by atoms with Gasteiger partial charge in [-0.3, -0.25) is 5.41 Å². The summed E-state index contributed by atoms with van der Waals surface area (Å²) in [6.07, 6.45) is 1.93. The number of amidine groups is 1. The number of hydrogen-bond acceptors (Lipinski definition) is 2. The maximum atomic E-state index is 7.08. The molecule has 0 aliphatic heterocycles. The minimum Gasteiger partial charge on any atom is -0.388 e. The van der Waals surface area contributed by atoms with Gasteiger partial charge >= 0.3 is 0 Å². The zero-order chi connectivity index (χ0) is 8.69. The van der Waals surface area contributed by atoms with Crippen LogP contribution in [0, 0.1) is 11.3 Å². The van der Waals surface area contributed by atoms with Crippen LogP contribution in [0.25, 0.3) is 0 Å². The highest BCUT2D eigenvalue weighted by molar-refractivity contribution is 7.99. The zero-order valence-electron chi connectivity index (χ0n) is 7.39. The van der Waals surface area contributed by atoms with Crippen molar-refractivity contribution in [2.45, 2.75) is 26.7 Å². The average molecular weight is 174 g/mol. The molecule has 0 aliphatic carbocycles. The van der Waals surface area contributed by atoms with Gasteiger partial charge in [0.15, 0.2) is 0 Å². The smallest absolute Gasteiger partial charge is 0.0907 e. The van der Waals surface area contributed by atoms with Crippen molar-refractivity contribution in [3.63, 3.8) is 0 Å². The molecule has 0 aromatic heterocycles. The number of hydrogen-bond donors (Lipinski definition) is 2. The summed E-state index contributed by atoms with van der Waals surface area (Å²) in [4.78, 5) is 0. The molecule has 1 unspecified atom stereocenters. The third-order valence-corrected chi connectivity index (χ3v) is 2.46. The number of thioether (sulfide) groups is 1. The normalized spacial score (nSPS) is 12.9. The van der Waals surface area contributed by atoms with Crippen molar-refractivity contribution in [2.75, 3.05) is 11.5 Å². The first-order valence-corrected chi connectivity index (χ1v) is 5.23. The van der Waals surface area contributed by atoms with Gasteiger partial charge < -0.3 is 5.73 Å². The Kier molecular flexibility index (Phi) is 6.42. The Morgan fingerprint density at radius 3 is 2.73 bits per heavy atom. The second-order valence-electron chi connectivity index (χ2n) is 2.82. The zero-order valence-corrected chi connectivity index (χ0v) is 8.21. The van der Waals surface area contributed by atoms with E-state index in [2.05, 4.69) is 13.8 Å². The third-order valence-electron chi connectivity index (χ3n) is 1.53. The highest BCUT2D eigenvalue weighted by Crippen LogP contribution is 2.11. The summed E-state index contributed by atoms with van der Waals surface area (Å²) < 4.78 is 0. The Morgan fingerprint density at radius 2 is 2.27 bits per heavy atom. The second kappa shape index (κ2) is 6.53. The van der Waals surface area contributed by atoms with Crippen LogP contribution in [0.15, 0.2) is 0 Å². The van der Waals surface area contributed by atoms with Gasteiger partial charge in [0.1, 0.15) is 0 Å². The van der Waals surface area contributed by atoms with Gasteiger partial charge in [-0.25, -0.2) is 0 Å². The molecule has 0 fully saturated rings. The average Bonchev–Trinajstić information content (AvgIpc) is 1.86. The van der Waals surface area contributed by atoms with E-state index in [0.29, 0.717) is 11.8 Å². The van der Waals surface area contributed by atoms with Gasteiger partial charge in [-0.15, -0.1) is 0 Å². The summed E-state index contributed by atoms with van der Waals surface area (Å²) in [6, 6.07) is 0. The molecule has 0 radical (unpaired) electrons. The SMILES string of the molecule is CCSCCC(C)CC(=N)N. The van der Waals surface area contributed by atoms with Crippen LogP contribution >= 0.6 is 11.8 Å². The van der Waals surface area contributed by atoms with E-state index in [9.17, 15) is 0 Å². The summed E-state index contributed by atoms with van der Waals surface area (Å²) >= 11 is 1.95. The van der Waals surface area contributed by atoms with Crippen molar-refractivity contribution >= 4 is 17.6 Å². The lowest BCUT2D eigenvalue weighted by Gasteiger charge is -2.08. The van der Waals surface area contributed by atoms with E-state index in [4.69, 9.17) is 11.1 Å². The van der Waals surface area contributed by atoms with E-state index < -0.39 is 0 Å². The van der Waals surface area contributed by atoms with Crippen molar-refractivity contribution in [3.8, 4) is 0 Å². The van der Waals surface area contributed by atoms with Gasteiger partial charge in [0.05, 0.1) is 5.84 Å². The molecule has 0 amide bonds. The molecule has 3 heteroatoms. The lowest BCUT2D eigenvalue weighted by atomic mass is 10.1. The molecule has 0 rings (SSSR count). The molecule has 0 aromatic carbocycles. The first-order valence-electron chi connectivity index (χ1n) is 4.07. The largest absolute Gasteiger partial charge is 0.388 e. The van der Waals surface area contributed by atoms with Gasteiger partial charge in [-0.05, 0) is 23.8 Å². The molecule has 0 heterocycles. The van der Waals surface area contributed by atoms with Gasteiger partial charge in [-0.2, -0.15) is 11.8 Å². The van der Waals surface area contributed by atoms with Crippen LogP contribution in [0.5, 0.6) is 0 Å². The van der Waals surface area contributed by atoms with E-state index in [1.54, 1.807) is 0 Å². The predicted molar refractivity (Wildman–Crippen MR) is 53.3 cm³/mol. The Balaban J connectivity index is 3.22. The molecule has 0 saturated carbocycles. The van der Waals surface area contributed by atoms with Crippen molar-refractivity contribution in [3.05, 3.63) is 0 Å². The number of nitrogens with two attached hydrogens (primary N) is 1. The quantitative estimate of drug-likeness (QED) is 0.368. The van der Waals surface area contributed by atoms with Crippen LogP contribution in [0.1, 0.15) is 26.7 Å². The Labute approximate surface area is 73.4 Å². The van der Waals surface area contributed by atoms with Crippen molar-refractivity contribution < 1.29 is 0 Å². The molecule has 0 saturated heterocycles. The lowest BCUT2D eigenvalue weighted by molar-refractivity contribution is 0.589. The molecular formula is C8H18N2S. The van der Waals surface area contributed by atoms with E-state index in [1.165, 1.54) is 17.9 Å². The van der Waals surface area contributed by atoms with Gasteiger partial charge in [-0.1, -0.05) is 13.8 Å². The summed E-state index contributed by atoms with van der Waals surface area (Å²) in [6.45, 7) is 4.32. The van der Waals surface area contributed by atoms with E-state index in [0.717, 1.165) is 6.42 Å². The molecule has 11 heavy (non-hydrogen) atoms. The first-order chi connectivity index (χ1) is 5.16. The molecule has 0 spiro atoms. The molecule has 0 aromatic rings. The van der Waals surface area contributed by atoms with Crippen LogP contribution in [-0.2, 0) is 0 Å². The Morgan fingerprint density at radius 1 is 1.64 bits per heavy atom. The van der Waals surface area contributed by atoms with Crippen molar-refractivity contribution in [2.24, 2.45) is 11.7 Å². The predicted octanol–water partition coefficient (Wildman–Crippen LogP) is 2.09. The second-order valence-corrected chi connectivity index (χ2v) is 4.21. The van der Waals surface area contributed by atoms with Gasteiger partial charge in [0, 0.05) is 6.42 Å². The molecule has 66 valence electrons. The monoisotopic (exact) mass is 174 g/mol. The summed E-state index contributed by atoms with van der Waals surface area (Å²) in [5.41, 5.74) is 5.27. The van der Waals surface area contributed by atoms with Crippen LogP contribution in [0.3, 0.4) is 0 Å². The number of rotatable bonds is 6. The summed E-state index contributed by atoms with van der Waals surface area (Å²) in [5, 5.41) is 7.08. The topological polar surface area (TPSA) is 49.9 Å². The lowest BCUT2D eigenvalue weighted by Crippen LogP contribution is -2.14. The number of nitrogens with one attached hydrogen (secondary N) is 1. The molecular weight excluding hydrogens is 156 g/mol. The Hall–Kier alpha value is -0.180. The van der Waals surface area contributed by atoms with Crippen LogP contribution in [0.2, 0.25) is 0 Å². The van der Waals surface area contributed by atoms with E-state index in [-0.39, 0.29) is 0 Å². The standard InChI is InChI=1S/C8H18N2S/c1-3-11-5-4-7(2)6-8(9)10/h7H,3-6H2,1-2H3,(H3,9,10). The maximum absolute atomic E-state index is 7.08. The third kappa shape index (κ3) is 7.72. The van der Waals surface area contributed by atoms with Gasteiger partial charge in [0.2, 0.25) is 0 Å². The fraction of sp³-hybridized carbons (Fsp3) is 0.875. The van der Waals surface area contributed by atoms with E-state index in [1.807, 2.05) is 11.8 Å². The highest BCUT2D eigenvalue weighted by atomic mass is 32.2. The Bertz CT molecular complexity index is 115. The summed E-state index contributed by atoms with van der Waals surface area (Å²) in [7, 11) is 0. The van der Waals surface area contributed by atoms with Crippen LogP contribution < -0.4 is 5.73 Å². The molecule has 2 nitrogen and oxygen atoms in total. The first kappa shape index (κ1) is 10.8. The van der Waals surface area contributed by atoms with Crippen molar-refractivity contribution in [1.82, 2.24) is 0 Å². The molecule has 0 aliphatic rings. The van der Waals surface area contributed by atoms with Gasteiger partial charge in [0.25, 0.3) is 0 Å². The van der Waals surface area contributed by atoms with Crippen LogP contribution in [0.4, 0.5) is 0 Å². The fourth-order valence-corrected chi connectivity index (χ4v) is 1.76. The molecule has 0 bridgehead atoms. The van der Waals surface area contributed by atoms with Crippen LogP contribution in [-0.4, -0.2) is 17.3 Å². The minimum absolute atomic E-state index is 0.319. The van der Waals surface area contributed by atoms with E-state index >= 15 is 0 Å².